The lowest BCUT2D eigenvalue weighted by atomic mass is 10.1. The third-order valence-corrected chi connectivity index (χ3v) is 1.27. The molecule has 53 valence electrons. The Morgan fingerprint density at radius 1 is 1.36 bits per heavy atom. The molecule has 0 unspecified atom stereocenters. The van der Waals surface area contributed by atoms with E-state index >= 15 is 0 Å². The van der Waals surface area contributed by atoms with Crippen LogP contribution in [0.3, 0.4) is 0 Å². The molecule has 0 aliphatic heterocycles. The van der Waals surface area contributed by atoms with Crippen LogP contribution in [-0.2, 0) is 4.79 Å². The van der Waals surface area contributed by atoms with Crippen molar-refractivity contribution in [3.05, 3.63) is 35.4 Å². The van der Waals surface area contributed by atoms with E-state index in [9.17, 15) is 9.59 Å². The van der Waals surface area contributed by atoms with Gasteiger partial charge in [-0.05, 0) is 6.07 Å². The van der Waals surface area contributed by atoms with Gasteiger partial charge in [-0.15, -0.1) is 5.73 Å². The summed E-state index contributed by atoms with van der Waals surface area (Å²) in [6, 6.07) is 5.93. The maximum absolute atomic E-state index is 10.4. The van der Waals surface area contributed by atoms with Gasteiger partial charge in [0.25, 0.3) is 5.91 Å². The average molecular weight is 146 g/mol. The third-order valence-electron chi connectivity index (χ3n) is 1.27. The van der Waals surface area contributed by atoms with Crippen molar-refractivity contribution >= 4 is 12.2 Å². The Bertz CT molecular complexity index is 294. The number of carbonyl (C=O) groups excluding carboxylic acids is 2. The molecular weight excluding hydrogens is 142 g/mol. The van der Waals surface area contributed by atoms with E-state index in [0.29, 0.717) is 0 Å². The minimum absolute atomic E-state index is 0.0116. The van der Waals surface area contributed by atoms with E-state index in [-0.39, 0.29) is 11.1 Å². The summed E-state index contributed by atoms with van der Waals surface area (Å²) in [6.45, 7) is 0. The maximum atomic E-state index is 10.4. The Kier molecular flexibility index (Phi) is 2.01. The first kappa shape index (κ1) is 7.47. The van der Waals surface area contributed by atoms with Crippen LogP contribution in [0.4, 0.5) is 0 Å². The largest absolute Gasteiger partial charge is 0.296 e. The van der Waals surface area contributed by atoms with E-state index in [4.69, 9.17) is 5.73 Å². The molecule has 1 amide bonds. The molecule has 0 aromatic heterocycles. The summed E-state index contributed by atoms with van der Waals surface area (Å²) in [4.78, 5) is 20.5. The van der Waals surface area contributed by atoms with Gasteiger partial charge in [-0.3, -0.25) is 9.59 Å². The van der Waals surface area contributed by atoms with E-state index in [1.807, 2.05) is 0 Å². The van der Waals surface area contributed by atoms with Gasteiger partial charge in [-0.2, -0.15) is 0 Å². The Balaban J connectivity index is 3.22. The predicted octanol–water partition coefficient (Wildman–Crippen LogP) is 0.353. The van der Waals surface area contributed by atoms with Crippen molar-refractivity contribution in [2.45, 2.75) is 0 Å². The minimum atomic E-state index is -1.11. The predicted molar refractivity (Wildman–Crippen MR) is 37.7 cm³/mol. The Labute approximate surface area is 63.8 Å². The number of amides is 1. The number of hydrogen-bond acceptors (Lipinski definition) is 2. The van der Waals surface area contributed by atoms with Gasteiger partial charge in [0.15, 0.2) is 0 Å². The zero-order valence-electron chi connectivity index (χ0n) is 5.57. The van der Waals surface area contributed by atoms with Crippen LogP contribution in [0.15, 0.2) is 24.3 Å². The summed E-state index contributed by atoms with van der Waals surface area (Å²) >= 11 is 0. The van der Waals surface area contributed by atoms with Crippen molar-refractivity contribution in [1.82, 2.24) is 5.73 Å². The quantitative estimate of drug-likeness (QED) is 0.604. The van der Waals surface area contributed by atoms with Crippen LogP contribution in [0.5, 0.6) is 0 Å². The molecule has 0 spiro atoms. The van der Waals surface area contributed by atoms with Crippen molar-refractivity contribution < 1.29 is 9.59 Å². The summed E-state index contributed by atoms with van der Waals surface area (Å²) < 4.78 is 0. The monoisotopic (exact) mass is 146 g/mol. The summed E-state index contributed by atoms with van der Waals surface area (Å²) in [5.41, 5.74) is 8.59. The Morgan fingerprint density at radius 2 is 2.00 bits per heavy atom. The normalized spacial score (nSPS) is 9.09. The molecule has 3 heteroatoms. The molecule has 0 heterocycles. The summed E-state index contributed by atoms with van der Waals surface area (Å²) in [5, 5.41) is 0. The Hall–Kier alpha value is -1.64. The van der Waals surface area contributed by atoms with Gasteiger partial charge in [0.05, 0.1) is 5.56 Å². The second kappa shape index (κ2) is 2.96. The van der Waals surface area contributed by atoms with E-state index in [0.717, 1.165) is 0 Å². The number of benzene rings is 1. The molecule has 0 saturated heterocycles. The molecule has 0 bridgehead atoms. The fourth-order valence-electron chi connectivity index (χ4n) is 0.759. The molecule has 0 atom stereocenters. The lowest BCUT2D eigenvalue weighted by molar-refractivity contribution is 0.0992. The summed E-state index contributed by atoms with van der Waals surface area (Å²) in [6.07, 6.45) is 1.55. The molecule has 11 heavy (non-hydrogen) atoms. The van der Waals surface area contributed by atoms with Crippen LogP contribution in [0.1, 0.15) is 15.9 Å². The fraction of sp³-hybridized carbons (Fsp3) is 0. The first-order chi connectivity index (χ1) is 5.25. The molecular formula is C8H4NO2. The Morgan fingerprint density at radius 3 is 2.45 bits per heavy atom. The van der Waals surface area contributed by atoms with Gasteiger partial charge in [-0.25, -0.2) is 0 Å². The van der Waals surface area contributed by atoms with Crippen molar-refractivity contribution in [1.29, 1.82) is 0 Å². The van der Waals surface area contributed by atoms with E-state index in [1.54, 1.807) is 18.4 Å². The third kappa shape index (κ3) is 1.43. The molecule has 1 rings (SSSR count). The van der Waals surface area contributed by atoms with Crippen molar-refractivity contribution in [2.24, 2.45) is 0 Å². The van der Waals surface area contributed by atoms with Crippen molar-refractivity contribution in [3.63, 3.8) is 0 Å². The van der Waals surface area contributed by atoms with E-state index in [2.05, 4.69) is 0 Å². The highest BCUT2D eigenvalue weighted by atomic mass is 16.1. The minimum Gasteiger partial charge on any atom is -0.285 e. The van der Waals surface area contributed by atoms with Gasteiger partial charge in [0, 0.05) is 5.56 Å². The number of rotatable bonds is 2. The second-order valence-corrected chi connectivity index (χ2v) is 1.95. The molecule has 0 aliphatic rings. The molecule has 1 aromatic carbocycles. The lowest BCUT2D eigenvalue weighted by Crippen LogP contribution is -2.02. The topological polar surface area (TPSA) is 56.4 Å². The fourth-order valence-corrected chi connectivity index (χ4v) is 0.759. The van der Waals surface area contributed by atoms with Crippen LogP contribution in [0.25, 0.3) is 0 Å². The molecule has 0 aliphatic carbocycles. The number of hydrogen-bond donors (Lipinski definition) is 0. The zero-order valence-corrected chi connectivity index (χ0v) is 5.57. The molecule has 0 saturated carbocycles. The van der Waals surface area contributed by atoms with E-state index in [1.165, 1.54) is 12.1 Å². The van der Waals surface area contributed by atoms with Gasteiger partial charge >= 0.3 is 0 Å². The number of nitrogens with zero attached hydrogens (tertiary/aromatic N) is 1. The summed E-state index contributed by atoms with van der Waals surface area (Å²) in [7, 11) is 0. The smallest absolute Gasteiger partial charge is 0.285 e. The first-order valence-corrected chi connectivity index (χ1v) is 2.96. The van der Waals surface area contributed by atoms with Gasteiger partial charge in [0.2, 0.25) is 6.29 Å². The van der Waals surface area contributed by atoms with Crippen LogP contribution in [0, 0.1) is 0 Å². The zero-order chi connectivity index (χ0) is 8.27. The lowest BCUT2D eigenvalue weighted by Gasteiger charge is -1.93. The molecule has 0 fully saturated rings. The highest BCUT2D eigenvalue weighted by molar-refractivity contribution is 6.00. The molecule has 0 N–H and O–H groups in total. The molecule has 3 radical (unpaired) electrons. The van der Waals surface area contributed by atoms with Gasteiger partial charge in [0.1, 0.15) is 0 Å². The summed E-state index contributed by atoms with van der Waals surface area (Å²) in [5.74, 6) is -1.11. The first-order valence-electron chi connectivity index (χ1n) is 2.96. The molecule has 1 aromatic rings. The maximum Gasteiger partial charge on any atom is 0.296 e. The van der Waals surface area contributed by atoms with Crippen LogP contribution >= 0.6 is 0 Å². The highest BCUT2D eigenvalue weighted by Gasteiger charge is 2.07. The SMILES string of the molecule is [N]C(=O)c1ccccc1[C]=O. The van der Waals surface area contributed by atoms with E-state index < -0.39 is 5.91 Å². The van der Waals surface area contributed by atoms with Gasteiger partial charge < -0.3 is 0 Å². The van der Waals surface area contributed by atoms with Crippen LogP contribution < -0.4 is 5.73 Å². The van der Waals surface area contributed by atoms with Crippen LogP contribution in [-0.4, -0.2) is 12.2 Å². The van der Waals surface area contributed by atoms with Crippen molar-refractivity contribution in [3.8, 4) is 0 Å². The second-order valence-electron chi connectivity index (χ2n) is 1.95. The average Bonchev–Trinajstić information content (AvgIpc) is 2.04. The van der Waals surface area contributed by atoms with Gasteiger partial charge in [-0.1, -0.05) is 18.2 Å². The standard InChI is InChI=1S/C8H4NO2/c9-8(11)7-4-2-1-3-6(7)5-10/h1-4H. The number of carbonyl (C=O) groups is 1. The highest BCUT2D eigenvalue weighted by Crippen LogP contribution is 2.04. The van der Waals surface area contributed by atoms with Crippen molar-refractivity contribution in [2.75, 3.05) is 0 Å². The van der Waals surface area contributed by atoms with Crippen LogP contribution in [0.2, 0.25) is 0 Å². The molecule has 3 nitrogen and oxygen atoms in total.